The first-order chi connectivity index (χ1) is 5.68. The third-order valence-electron chi connectivity index (χ3n) is 1.71. The van der Waals surface area contributed by atoms with Gasteiger partial charge in [0, 0.05) is 9.86 Å². The van der Waals surface area contributed by atoms with Crippen LogP contribution in [0.15, 0.2) is 21.2 Å². The summed E-state index contributed by atoms with van der Waals surface area (Å²) in [6.07, 6.45) is 0. The minimum absolute atomic E-state index is 0.921. The first-order valence-corrected chi connectivity index (χ1v) is 5.07. The van der Waals surface area contributed by atoms with Crippen LogP contribution in [-0.4, -0.2) is 10.2 Å². The van der Waals surface area contributed by atoms with Gasteiger partial charge in [0.15, 0.2) is 0 Å². The van der Waals surface area contributed by atoms with Crippen molar-refractivity contribution in [3.05, 3.63) is 26.8 Å². The molecule has 2 nitrogen and oxygen atoms in total. The van der Waals surface area contributed by atoms with E-state index in [4.69, 9.17) is 0 Å². The van der Waals surface area contributed by atoms with Gasteiger partial charge < -0.3 is 0 Å². The van der Waals surface area contributed by atoms with Gasteiger partial charge in [-0.1, -0.05) is 0 Å². The van der Waals surface area contributed by atoms with Crippen LogP contribution >= 0.6 is 31.9 Å². The van der Waals surface area contributed by atoms with E-state index in [0.717, 1.165) is 20.0 Å². The van der Waals surface area contributed by atoms with Crippen LogP contribution in [-0.2, 0) is 0 Å². The maximum Gasteiger partial charge on any atom is 0.109 e. The molecule has 0 radical (unpaired) electrons. The fraction of sp³-hybridized carbons (Fsp3) is 0.125. The Hall–Kier alpha value is -0.350. The first-order valence-electron chi connectivity index (χ1n) is 3.48. The largest absolute Gasteiger partial charge is 0.270 e. The predicted molar refractivity (Wildman–Crippen MR) is 56.2 cm³/mol. The summed E-state index contributed by atoms with van der Waals surface area (Å²) < 4.78 is 1.99. The Morgan fingerprint density at radius 3 is 2.83 bits per heavy atom. The molecule has 0 aliphatic carbocycles. The summed E-state index contributed by atoms with van der Waals surface area (Å²) in [4.78, 5) is 0. The number of nitrogens with one attached hydrogen (secondary N) is 1. The number of aromatic amines is 1. The average molecular weight is 290 g/mol. The number of nitrogens with zero attached hydrogens (tertiary/aromatic N) is 1. The molecule has 12 heavy (non-hydrogen) atoms. The standard InChI is InChI=1S/C8H6Br2N2/c1-4-2-5(9)7-6(3-4)11-12-8(7)10/h2-3H,1H3,(H,11,12). The lowest BCUT2D eigenvalue weighted by atomic mass is 10.2. The zero-order valence-corrected chi connectivity index (χ0v) is 9.53. The highest BCUT2D eigenvalue weighted by Crippen LogP contribution is 2.29. The second kappa shape index (κ2) is 2.85. The number of fused-ring (bicyclic) bond motifs is 1. The summed E-state index contributed by atoms with van der Waals surface area (Å²) in [5.74, 6) is 0. The van der Waals surface area contributed by atoms with Gasteiger partial charge in [0.25, 0.3) is 0 Å². The molecule has 2 aromatic rings. The lowest BCUT2D eigenvalue weighted by molar-refractivity contribution is 1.09. The molecular weight excluding hydrogens is 284 g/mol. The number of aryl methyl sites for hydroxylation is 1. The van der Waals surface area contributed by atoms with Crippen LogP contribution in [0.2, 0.25) is 0 Å². The van der Waals surface area contributed by atoms with E-state index in [1.165, 1.54) is 5.56 Å². The number of halogens is 2. The molecule has 4 heteroatoms. The van der Waals surface area contributed by atoms with Crippen molar-refractivity contribution in [1.82, 2.24) is 10.2 Å². The van der Waals surface area contributed by atoms with Gasteiger partial charge in [0.2, 0.25) is 0 Å². The van der Waals surface area contributed by atoms with Gasteiger partial charge >= 0.3 is 0 Å². The van der Waals surface area contributed by atoms with E-state index in [9.17, 15) is 0 Å². The highest BCUT2D eigenvalue weighted by molar-refractivity contribution is 9.11. The van der Waals surface area contributed by atoms with E-state index < -0.39 is 0 Å². The van der Waals surface area contributed by atoms with Gasteiger partial charge in [-0.05, 0) is 56.5 Å². The molecule has 0 aliphatic rings. The predicted octanol–water partition coefficient (Wildman–Crippen LogP) is 3.40. The maximum absolute atomic E-state index is 4.14. The fourth-order valence-electron chi connectivity index (χ4n) is 1.19. The molecule has 0 saturated heterocycles. The van der Waals surface area contributed by atoms with Crippen LogP contribution in [0.4, 0.5) is 0 Å². The molecule has 1 heterocycles. The van der Waals surface area contributed by atoms with Crippen LogP contribution in [0.1, 0.15) is 5.56 Å². The first kappa shape index (κ1) is 8.26. The second-order valence-electron chi connectivity index (χ2n) is 2.68. The van der Waals surface area contributed by atoms with E-state index >= 15 is 0 Å². The Labute approximate surface area is 86.6 Å². The number of benzene rings is 1. The lowest BCUT2D eigenvalue weighted by Crippen LogP contribution is -1.74. The van der Waals surface area contributed by atoms with E-state index in [0.29, 0.717) is 0 Å². The fourth-order valence-corrected chi connectivity index (χ4v) is 2.73. The molecule has 0 unspecified atom stereocenters. The molecule has 0 spiro atoms. The van der Waals surface area contributed by atoms with Crippen molar-refractivity contribution in [3.8, 4) is 0 Å². The minimum atomic E-state index is 0.921. The van der Waals surface area contributed by atoms with Crippen molar-refractivity contribution < 1.29 is 0 Å². The summed E-state index contributed by atoms with van der Waals surface area (Å²) in [7, 11) is 0. The Morgan fingerprint density at radius 2 is 2.08 bits per heavy atom. The second-order valence-corrected chi connectivity index (χ2v) is 4.33. The molecule has 0 bridgehead atoms. The van der Waals surface area contributed by atoms with Gasteiger partial charge in [-0.3, -0.25) is 5.10 Å². The van der Waals surface area contributed by atoms with Crippen LogP contribution in [0, 0.1) is 6.92 Å². The topological polar surface area (TPSA) is 28.7 Å². The third kappa shape index (κ3) is 1.19. The van der Waals surface area contributed by atoms with Crippen LogP contribution < -0.4 is 0 Å². The van der Waals surface area contributed by atoms with E-state index in [2.05, 4.69) is 48.1 Å². The van der Waals surface area contributed by atoms with Crippen molar-refractivity contribution in [1.29, 1.82) is 0 Å². The zero-order valence-electron chi connectivity index (χ0n) is 6.36. The molecule has 0 atom stereocenters. The molecule has 1 aromatic carbocycles. The maximum atomic E-state index is 4.14. The summed E-state index contributed by atoms with van der Waals surface area (Å²) >= 11 is 6.88. The Morgan fingerprint density at radius 1 is 1.33 bits per heavy atom. The van der Waals surface area contributed by atoms with Crippen molar-refractivity contribution in [2.75, 3.05) is 0 Å². The minimum Gasteiger partial charge on any atom is -0.270 e. The normalized spacial score (nSPS) is 10.9. The number of hydrogen-bond donors (Lipinski definition) is 1. The SMILES string of the molecule is Cc1cc(Br)c2c(Br)[nH]nc2c1. The quantitative estimate of drug-likeness (QED) is 0.791. The summed E-state index contributed by atoms with van der Waals surface area (Å²) in [6.45, 7) is 2.05. The van der Waals surface area contributed by atoms with Crippen molar-refractivity contribution >= 4 is 42.8 Å². The third-order valence-corrected chi connectivity index (χ3v) is 2.91. The van der Waals surface area contributed by atoms with Gasteiger partial charge in [-0.15, -0.1) is 0 Å². The van der Waals surface area contributed by atoms with Crippen LogP contribution in [0.3, 0.4) is 0 Å². The number of hydrogen-bond acceptors (Lipinski definition) is 1. The van der Waals surface area contributed by atoms with Crippen molar-refractivity contribution in [2.24, 2.45) is 0 Å². The van der Waals surface area contributed by atoms with Gasteiger partial charge in [0.05, 0.1) is 5.52 Å². The molecule has 0 saturated carbocycles. The van der Waals surface area contributed by atoms with Gasteiger partial charge in [-0.2, -0.15) is 5.10 Å². The molecule has 62 valence electrons. The number of aromatic nitrogens is 2. The van der Waals surface area contributed by atoms with E-state index in [-0.39, 0.29) is 0 Å². The number of H-pyrrole nitrogens is 1. The van der Waals surface area contributed by atoms with Gasteiger partial charge in [-0.25, -0.2) is 0 Å². The molecule has 1 N–H and O–H groups in total. The highest BCUT2D eigenvalue weighted by atomic mass is 79.9. The van der Waals surface area contributed by atoms with Crippen LogP contribution in [0.25, 0.3) is 10.9 Å². The molecule has 1 aromatic heterocycles. The number of rotatable bonds is 0. The van der Waals surface area contributed by atoms with E-state index in [1.54, 1.807) is 0 Å². The highest BCUT2D eigenvalue weighted by Gasteiger charge is 2.06. The zero-order chi connectivity index (χ0) is 8.72. The summed E-state index contributed by atoms with van der Waals surface area (Å²) in [6, 6.07) is 4.12. The summed E-state index contributed by atoms with van der Waals surface area (Å²) in [5, 5.41) is 8.12. The molecular formula is C8H6Br2N2. The molecule has 0 fully saturated rings. The molecule has 0 aliphatic heterocycles. The molecule has 0 amide bonds. The molecule has 2 rings (SSSR count). The van der Waals surface area contributed by atoms with Gasteiger partial charge in [0.1, 0.15) is 4.60 Å². The average Bonchev–Trinajstić information content (AvgIpc) is 2.31. The van der Waals surface area contributed by atoms with Crippen molar-refractivity contribution in [3.63, 3.8) is 0 Å². The lowest BCUT2D eigenvalue weighted by Gasteiger charge is -1.95. The smallest absolute Gasteiger partial charge is 0.109 e. The van der Waals surface area contributed by atoms with Crippen molar-refractivity contribution in [2.45, 2.75) is 6.92 Å². The monoisotopic (exact) mass is 288 g/mol. The van der Waals surface area contributed by atoms with E-state index in [1.807, 2.05) is 13.0 Å². The Balaban J connectivity index is 2.93. The Kier molecular flexibility index (Phi) is 1.96. The Bertz CT molecular complexity index is 434. The van der Waals surface area contributed by atoms with Crippen LogP contribution in [0.5, 0.6) is 0 Å². The summed E-state index contributed by atoms with van der Waals surface area (Å²) in [5.41, 5.74) is 2.18.